The summed E-state index contributed by atoms with van der Waals surface area (Å²) in [6.45, 7) is 0. The van der Waals surface area contributed by atoms with Crippen LogP contribution in [-0.2, 0) is 0 Å². The van der Waals surface area contributed by atoms with E-state index in [9.17, 15) is 0 Å². The Bertz CT molecular complexity index is 2060. The molecule has 0 bridgehead atoms. The van der Waals surface area contributed by atoms with E-state index in [2.05, 4.69) is 155 Å². The third-order valence-corrected chi connectivity index (χ3v) is 8.81. The first kappa shape index (κ1) is 24.5. The van der Waals surface area contributed by atoms with E-state index in [0.29, 0.717) is 0 Å². The summed E-state index contributed by atoms with van der Waals surface area (Å²) in [6.07, 6.45) is 0. The molecule has 4 heteroatoms. The smallest absolute Gasteiger partial charge is 0.154 e. The summed E-state index contributed by atoms with van der Waals surface area (Å²) in [5.41, 5.74) is 8.43. The monoisotopic (exact) mass is 558 g/mol. The van der Waals surface area contributed by atoms with Crippen molar-refractivity contribution in [3.8, 4) is 0 Å². The van der Waals surface area contributed by atoms with Gasteiger partial charge in [0.25, 0.3) is 0 Å². The summed E-state index contributed by atoms with van der Waals surface area (Å²) in [5, 5.41) is 2.27. The third-order valence-electron chi connectivity index (χ3n) is 7.62. The molecule has 0 N–H and O–H groups in total. The zero-order valence-electron chi connectivity index (χ0n) is 22.7. The van der Waals surface area contributed by atoms with Crippen molar-refractivity contribution in [3.63, 3.8) is 0 Å². The van der Waals surface area contributed by atoms with Crippen molar-refractivity contribution < 1.29 is 4.42 Å². The molecule has 0 spiro atoms. The van der Waals surface area contributed by atoms with Crippen LogP contribution in [0.5, 0.6) is 0 Å². The van der Waals surface area contributed by atoms with Gasteiger partial charge < -0.3 is 14.2 Å². The van der Waals surface area contributed by atoms with Gasteiger partial charge in [-0.3, -0.25) is 0 Å². The molecule has 0 amide bonds. The van der Waals surface area contributed by atoms with Crippen LogP contribution in [0.25, 0.3) is 31.3 Å². The molecule has 200 valence electrons. The molecule has 0 aliphatic carbocycles. The Hall–Kier alpha value is -5.32. The molecule has 3 nitrogen and oxygen atoms in total. The molecule has 6 aromatic carbocycles. The highest BCUT2D eigenvalue weighted by molar-refractivity contribution is 7.26. The van der Waals surface area contributed by atoms with Crippen LogP contribution in [0.2, 0.25) is 0 Å². The predicted octanol–water partition coefficient (Wildman–Crippen LogP) is 11.7. The molecule has 0 aliphatic rings. The molecular weight excluding hydrogens is 532 g/mol. The lowest BCUT2D eigenvalue weighted by atomic mass is 10.1. The third kappa shape index (κ3) is 4.21. The quantitative estimate of drug-likeness (QED) is 0.202. The molecule has 8 aromatic rings. The van der Waals surface area contributed by atoms with Gasteiger partial charge >= 0.3 is 0 Å². The largest absolute Gasteiger partial charge is 0.454 e. The van der Waals surface area contributed by atoms with Gasteiger partial charge in [-0.15, -0.1) is 11.3 Å². The lowest BCUT2D eigenvalue weighted by Crippen LogP contribution is -2.09. The van der Waals surface area contributed by atoms with Crippen molar-refractivity contribution in [1.29, 1.82) is 0 Å². The lowest BCUT2D eigenvalue weighted by molar-refractivity contribution is 0.673. The molecule has 2 aromatic heterocycles. The van der Waals surface area contributed by atoms with Gasteiger partial charge in [0.15, 0.2) is 5.58 Å². The normalized spacial score (nSPS) is 11.3. The average molecular weight is 559 g/mol. The van der Waals surface area contributed by atoms with Gasteiger partial charge in [-0.2, -0.15) is 0 Å². The van der Waals surface area contributed by atoms with Gasteiger partial charge in [-0.1, -0.05) is 72.8 Å². The number of rotatable bonds is 6. The molecule has 0 fully saturated rings. The summed E-state index contributed by atoms with van der Waals surface area (Å²) < 4.78 is 9.08. The van der Waals surface area contributed by atoms with Crippen molar-refractivity contribution in [3.05, 3.63) is 158 Å². The fourth-order valence-electron chi connectivity index (χ4n) is 5.72. The fourth-order valence-corrected chi connectivity index (χ4v) is 6.86. The van der Waals surface area contributed by atoms with E-state index in [-0.39, 0.29) is 0 Å². The number of furan rings is 1. The van der Waals surface area contributed by atoms with Gasteiger partial charge in [0.2, 0.25) is 0 Å². The minimum absolute atomic E-state index is 0.890. The van der Waals surface area contributed by atoms with E-state index in [1.165, 1.54) is 9.40 Å². The van der Waals surface area contributed by atoms with Crippen molar-refractivity contribution in [1.82, 2.24) is 0 Å². The molecule has 0 saturated heterocycles. The topological polar surface area (TPSA) is 19.6 Å². The minimum atomic E-state index is 0.890. The second kappa shape index (κ2) is 10.3. The zero-order chi connectivity index (χ0) is 27.9. The maximum absolute atomic E-state index is 6.68. The molecule has 0 unspecified atom stereocenters. The van der Waals surface area contributed by atoms with Crippen LogP contribution in [0.15, 0.2) is 162 Å². The van der Waals surface area contributed by atoms with Crippen molar-refractivity contribution in [2.75, 3.05) is 9.80 Å². The maximum Gasteiger partial charge on any atom is 0.154 e. The van der Waals surface area contributed by atoms with E-state index in [1.807, 2.05) is 12.1 Å². The molecule has 2 heterocycles. The number of thiophene rings is 1. The molecule has 0 saturated carbocycles. The van der Waals surface area contributed by atoms with Crippen LogP contribution in [0, 0.1) is 0 Å². The average Bonchev–Trinajstić information content (AvgIpc) is 3.59. The zero-order valence-corrected chi connectivity index (χ0v) is 23.5. The van der Waals surface area contributed by atoms with Gasteiger partial charge in [-0.25, -0.2) is 0 Å². The predicted molar refractivity (Wildman–Crippen MR) is 178 cm³/mol. The van der Waals surface area contributed by atoms with E-state index < -0.39 is 0 Å². The number of para-hydroxylation sites is 4. The highest BCUT2D eigenvalue weighted by Gasteiger charge is 2.19. The van der Waals surface area contributed by atoms with E-state index in [0.717, 1.165) is 56.1 Å². The van der Waals surface area contributed by atoms with E-state index in [4.69, 9.17) is 4.42 Å². The number of hydrogen-bond acceptors (Lipinski definition) is 4. The first-order chi connectivity index (χ1) is 20.8. The van der Waals surface area contributed by atoms with E-state index >= 15 is 0 Å². The van der Waals surface area contributed by atoms with Crippen LogP contribution < -0.4 is 9.80 Å². The molecule has 42 heavy (non-hydrogen) atoms. The Kier molecular flexibility index (Phi) is 5.98. The summed E-state index contributed by atoms with van der Waals surface area (Å²) in [7, 11) is 0. The highest BCUT2D eigenvalue weighted by Crippen LogP contribution is 2.45. The molecule has 0 aliphatic heterocycles. The Labute approximate surface area is 248 Å². The molecule has 0 atom stereocenters. The van der Waals surface area contributed by atoms with Gasteiger partial charge in [0.05, 0.1) is 4.70 Å². The first-order valence-electron chi connectivity index (χ1n) is 14.0. The summed E-state index contributed by atoms with van der Waals surface area (Å²) in [4.78, 5) is 4.56. The Morgan fingerprint density at radius 3 is 1.36 bits per heavy atom. The summed E-state index contributed by atoms with van der Waals surface area (Å²) >= 11 is 1.79. The molecular formula is C38H26N2OS. The lowest BCUT2D eigenvalue weighted by Gasteiger charge is -2.25. The number of benzene rings is 6. The Morgan fingerprint density at radius 2 is 0.857 bits per heavy atom. The SMILES string of the molecule is c1ccc(N(c2ccccc2)c2ccc3c(c2)oc2c4cc(N(c5ccccc5)c5ccccc5)ccc4sc32)cc1. The van der Waals surface area contributed by atoms with Gasteiger partial charge in [-0.05, 0) is 78.9 Å². The number of nitrogens with zero attached hydrogens (tertiary/aromatic N) is 2. The Balaban J connectivity index is 1.28. The van der Waals surface area contributed by atoms with E-state index in [1.54, 1.807) is 11.3 Å². The molecule has 8 rings (SSSR count). The number of fused-ring (bicyclic) bond motifs is 5. The van der Waals surface area contributed by atoms with Crippen molar-refractivity contribution in [2.24, 2.45) is 0 Å². The van der Waals surface area contributed by atoms with Crippen LogP contribution >= 0.6 is 11.3 Å². The maximum atomic E-state index is 6.68. The van der Waals surface area contributed by atoms with Crippen LogP contribution in [0.1, 0.15) is 0 Å². The van der Waals surface area contributed by atoms with Crippen LogP contribution in [0.4, 0.5) is 34.1 Å². The second-order valence-electron chi connectivity index (χ2n) is 10.2. The Morgan fingerprint density at radius 1 is 0.405 bits per heavy atom. The minimum Gasteiger partial charge on any atom is -0.454 e. The van der Waals surface area contributed by atoms with Crippen LogP contribution in [0.3, 0.4) is 0 Å². The summed E-state index contributed by atoms with van der Waals surface area (Å²) in [6, 6.07) is 55.2. The summed E-state index contributed by atoms with van der Waals surface area (Å²) in [5.74, 6) is 0. The first-order valence-corrected chi connectivity index (χ1v) is 14.8. The number of anilines is 6. The highest BCUT2D eigenvalue weighted by atomic mass is 32.1. The standard InChI is InChI=1S/C38H26N2OS/c1-5-13-27(14-6-1)39(28-15-7-2-8-16-28)31-22-24-36-34(25-31)37-38(42-36)33-23-21-32(26-35(33)41-37)40(29-17-9-3-10-18-29)30-19-11-4-12-20-30/h1-26H. The van der Waals surface area contributed by atoms with Crippen LogP contribution in [-0.4, -0.2) is 0 Å². The van der Waals surface area contributed by atoms with Crippen molar-refractivity contribution in [2.45, 2.75) is 0 Å². The second-order valence-corrected chi connectivity index (χ2v) is 11.3. The number of hydrogen-bond donors (Lipinski definition) is 0. The van der Waals surface area contributed by atoms with Gasteiger partial charge in [0.1, 0.15) is 5.58 Å². The van der Waals surface area contributed by atoms with Crippen molar-refractivity contribution >= 4 is 76.8 Å². The molecule has 0 radical (unpaired) electrons. The van der Waals surface area contributed by atoms with Gasteiger partial charge in [0, 0.05) is 55.7 Å². The fraction of sp³-hybridized carbons (Fsp3) is 0.